The molecule has 0 bridgehead atoms. The molecule has 1 aromatic rings. The second kappa shape index (κ2) is 5.73. The predicted octanol–water partition coefficient (Wildman–Crippen LogP) is 3.57. The molecule has 6 heteroatoms. The van der Waals surface area contributed by atoms with Gasteiger partial charge in [0.05, 0.1) is 6.61 Å². The van der Waals surface area contributed by atoms with E-state index in [0.29, 0.717) is 13.2 Å². The van der Waals surface area contributed by atoms with Crippen molar-refractivity contribution in [1.29, 1.82) is 0 Å². The highest BCUT2D eigenvalue weighted by molar-refractivity contribution is 8.00. The van der Waals surface area contributed by atoms with Crippen LogP contribution in [0.3, 0.4) is 0 Å². The van der Waals surface area contributed by atoms with Gasteiger partial charge in [0.1, 0.15) is 0 Å². The van der Waals surface area contributed by atoms with Gasteiger partial charge in [0.25, 0.3) is 0 Å². The first-order valence-electron chi connectivity index (χ1n) is 6.04. The van der Waals surface area contributed by atoms with E-state index in [1.165, 1.54) is 12.1 Å². The summed E-state index contributed by atoms with van der Waals surface area (Å²) in [6.07, 6.45) is 0.953. The minimum atomic E-state index is -4.23. The van der Waals surface area contributed by atoms with Gasteiger partial charge in [-0.05, 0) is 42.8 Å². The summed E-state index contributed by atoms with van der Waals surface area (Å²) in [5.74, 6) is 0. The zero-order valence-electron chi connectivity index (χ0n) is 10.6. The smallest absolute Gasteiger partial charge is 0.379 e. The Bertz CT molecular complexity index is 413. The van der Waals surface area contributed by atoms with Crippen molar-refractivity contribution < 1.29 is 17.9 Å². The molecule has 1 aliphatic rings. The fourth-order valence-electron chi connectivity index (χ4n) is 1.93. The highest BCUT2D eigenvalue weighted by atomic mass is 32.2. The molecular weight excluding hydrogens is 275 g/mol. The largest absolute Gasteiger partial charge is 0.446 e. The number of thioether (sulfide) groups is 1. The Kier molecular flexibility index (Phi) is 4.43. The molecule has 1 atom stereocenters. The van der Waals surface area contributed by atoms with E-state index in [2.05, 4.69) is 12.2 Å². The standard InChI is InChI=1S/C13H16F3NOS/c1-12(6-7-18-9-12)17-8-10-2-4-11(5-3-10)19-13(14,15)16/h2-5,17H,6-9H2,1H3. The summed E-state index contributed by atoms with van der Waals surface area (Å²) < 4.78 is 41.9. The molecule has 0 saturated carbocycles. The maximum Gasteiger partial charge on any atom is 0.446 e. The van der Waals surface area contributed by atoms with Crippen LogP contribution in [0.1, 0.15) is 18.9 Å². The summed E-state index contributed by atoms with van der Waals surface area (Å²) in [7, 11) is 0. The molecule has 0 spiro atoms. The third kappa shape index (κ3) is 4.71. The lowest BCUT2D eigenvalue weighted by atomic mass is 10.0. The number of hydrogen-bond donors (Lipinski definition) is 1. The quantitative estimate of drug-likeness (QED) is 0.857. The van der Waals surface area contributed by atoms with Crippen LogP contribution in [0, 0.1) is 0 Å². The van der Waals surface area contributed by atoms with Gasteiger partial charge in [-0.2, -0.15) is 13.2 Å². The molecule has 0 aromatic heterocycles. The monoisotopic (exact) mass is 291 g/mol. The number of ether oxygens (including phenoxy) is 1. The molecular formula is C13H16F3NOS. The topological polar surface area (TPSA) is 21.3 Å². The van der Waals surface area contributed by atoms with E-state index < -0.39 is 5.51 Å². The predicted molar refractivity (Wildman–Crippen MR) is 69.0 cm³/mol. The van der Waals surface area contributed by atoms with Gasteiger partial charge in [-0.15, -0.1) is 0 Å². The van der Waals surface area contributed by atoms with Gasteiger partial charge in [0.15, 0.2) is 0 Å². The average Bonchev–Trinajstić information content (AvgIpc) is 2.74. The minimum absolute atomic E-state index is 0.0284. The normalized spacial score (nSPS) is 23.8. The molecule has 19 heavy (non-hydrogen) atoms. The third-order valence-electron chi connectivity index (χ3n) is 3.10. The zero-order chi connectivity index (χ0) is 13.9. The summed E-state index contributed by atoms with van der Waals surface area (Å²) in [6, 6.07) is 6.45. The first-order chi connectivity index (χ1) is 8.86. The fraction of sp³-hybridized carbons (Fsp3) is 0.538. The molecule has 1 N–H and O–H groups in total. The van der Waals surface area contributed by atoms with Crippen molar-refractivity contribution in [2.75, 3.05) is 13.2 Å². The number of hydrogen-bond acceptors (Lipinski definition) is 3. The molecule has 106 valence electrons. The number of alkyl halides is 3. The van der Waals surface area contributed by atoms with E-state index in [9.17, 15) is 13.2 Å². The van der Waals surface area contributed by atoms with Crippen molar-refractivity contribution in [1.82, 2.24) is 5.32 Å². The summed E-state index contributed by atoms with van der Waals surface area (Å²) in [6.45, 7) is 4.16. The molecule has 2 rings (SSSR count). The Morgan fingerprint density at radius 2 is 2.00 bits per heavy atom. The Morgan fingerprint density at radius 1 is 1.32 bits per heavy atom. The Morgan fingerprint density at radius 3 is 2.53 bits per heavy atom. The Hall–Kier alpha value is -0.720. The van der Waals surface area contributed by atoms with Crippen LogP contribution in [-0.2, 0) is 11.3 Å². The molecule has 1 unspecified atom stereocenters. The summed E-state index contributed by atoms with van der Waals surface area (Å²) in [4.78, 5) is 0.215. The van der Waals surface area contributed by atoms with Crippen molar-refractivity contribution in [2.45, 2.75) is 35.8 Å². The lowest BCUT2D eigenvalue weighted by Gasteiger charge is -2.23. The van der Waals surface area contributed by atoms with Gasteiger partial charge < -0.3 is 10.1 Å². The van der Waals surface area contributed by atoms with E-state index >= 15 is 0 Å². The van der Waals surface area contributed by atoms with Crippen LogP contribution < -0.4 is 5.32 Å². The molecule has 1 saturated heterocycles. The molecule has 0 amide bonds. The van der Waals surface area contributed by atoms with Crippen LogP contribution in [0.15, 0.2) is 29.2 Å². The van der Waals surface area contributed by atoms with Crippen molar-refractivity contribution in [3.05, 3.63) is 29.8 Å². The molecule has 0 radical (unpaired) electrons. The second-order valence-corrected chi connectivity index (χ2v) is 6.05. The van der Waals surface area contributed by atoms with Crippen molar-refractivity contribution >= 4 is 11.8 Å². The Labute approximate surface area is 114 Å². The van der Waals surface area contributed by atoms with Crippen molar-refractivity contribution in [3.63, 3.8) is 0 Å². The van der Waals surface area contributed by atoms with Crippen molar-refractivity contribution in [3.8, 4) is 0 Å². The first-order valence-corrected chi connectivity index (χ1v) is 6.85. The van der Waals surface area contributed by atoms with E-state index in [1.807, 2.05) is 0 Å². The molecule has 1 heterocycles. The van der Waals surface area contributed by atoms with Gasteiger partial charge in [-0.3, -0.25) is 0 Å². The lowest BCUT2D eigenvalue weighted by Crippen LogP contribution is -2.42. The van der Waals surface area contributed by atoms with Gasteiger partial charge in [-0.1, -0.05) is 12.1 Å². The van der Waals surface area contributed by atoms with Crippen LogP contribution in [0.5, 0.6) is 0 Å². The van der Waals surface area contributed by atoms with E-state index in [0.717, 1.165) is 18.6 Å². The fourth-order valence-corrected chi connectivity index (χ4v) is 2.47. The van der Waals surface area contributed by atoms with Gasteiger partial charge in [0, 0.05) is 23.6 Å². The molecule has 0 aliphatic carbocycles. The van der Waals surface area contributed by atoms with Gasteiger partial charge in [-0.25, -0.2) is 0 Å². The first kappa shape index (κ1) is 14.7. The van der Waals surface area contributed by atoms with Crippen LogP contribution in [0.25, 0.3) is 0 Å². The van der Waals surface area contributed by atoms with Crippen molar-refractivity contribution in [2.24, 2.45) is 0 Å². The van der Waals surface area contributed by atoms with E-state index in [-0.39, 0.29) is 22.2 Å². The van der Waals surface area contributed by atoms with E-state index in [4.69, 9.17) is 4.74 Å². The number of benzene rings is 1. The highest BCUT2D eigenvalue weighted by Gasteiger charge is 2.30. The third-order valence-corrected chi connectivity index (χ3v) is 3.83. The number of halogens is 3. The summed E-state index contributed by atoms with van der Waals surface area (Å²) in [5, 5.41) is 3.39. The van der Waals surface area contributed by atoms with Crippen LogP contribution in [0.2, 0.25) is 0 Å². The highest BCUT2D eigenvalue weighted by Crippen LogP contribution is 2.36. The van der Waals surface area contributed by atoms with Crippen LogP contribution in [-0.4, -0.2) is 24.3 Å². The molecule has 1 fully saturated rings. The van der Waals surface area contributed by atoms with Gasteiger partial charge in [0.2, 0.25) is 0 Å². The van der Waals surface area contributed by atoms with Gasteiger partial charge >= 0.3 is 5.51 Å². The zero-order valence-corrected chi connectivity index (χ0v) is 11.4. The van der Waals surface area contributed by atoms with Crippen LogP contribution in [0.4, 0.5) is 13.2 Å². The minimum Gasteiger partial charge on any atom is -0.379 e. The molecule has 1 aliphatic heterocycles. The summed E-state index contributed by atoms with van der Waals surface area (Å²) >= 11 is -0.0883. The number of rotatable bonds is 4. The molecule has 2 nitrogen and oxygen atoms in total. The average molecular weight is 291 g/mol. The Balaban J connectivity index is 1.88. The van der Waals surface area contributed by atoms with E-state index in [1.54, 1.807) is 12.1 Å². The number of nitrogens with one attached hydrogen (secondary N) is 1. The summed E-state index contributed by atoms with van der Waals surface area (Å²) in [5.41, 5.74) is -3.28. The SMILES string of the molecule is CC1(NCc2ccc(SC(F)(F)F)cc2)CCOC1. The van der Waals surface area contributed by atoms with Crippen LogP contribution >= 0.6 is 11.8 Å². The molecule has 1 aromatic carbocycles. The maximum absolute atomic E-state index is 12.2. The maximum atomic E-state index is 12.2. The second-order valence-electron chi connectivity index (χ2n) is 4.91. The lowest BCUT2D eigenvalue weighted by molar-refractivity contribution is -0.0328.